The van der Waals surface area contributed by atoms with Crippen LogP contribution in [0.25, 0.3) is 0 Å². The first-order valence-corrected chi connectivity index (χ1v) is 11.9. The maximum Gasteiger partial charge on any atom is 0.272 e. The number of aliphatic hydroxyl groups excluding tert-OH is 1. The van der Waals surface area contributed by atoms with Gasteiger partial charge in [0, 0.05) is 36.3 Å². The summed E-state index contributed by atoms with van der Waals surface area (Å²) < 4.78 is 43.0. The van der Waals surface area contributed by atoms with Crippen LogP contribution in [-0.2, 0) is 17.8 Å². The summed E-state index contributed by atoms with van der Waals surface area (Å²) in [4.78, 5) is 26.4. The molecule has 0 saturated heterocycles. The maximum absolute atomic E-state index is 13.9. The van der Waals surface area contributed by atoms with Crippen molar-refractivity contribution in [2.45, 2.75) is 63.6 Å². The monoisotopic (exact) mass is 538 g/mol. The van der Waals surface area contributed by atoms with Crippen molar-refractivity contribution >= 4 is 29.1 Å². The van der Waals surface area contributed by atoms with E-state index < -0.39 is 48.0 Å². The van der Waals surface area contributed by atoms with Crippen molar-refractivity contribution in [2.75, 3.05) is 5.32 Å². The Morgan fingerprint density at radius 2 is 2.03 bits per heavy atom. The van der Waals surface area contributed by atoms with Crippen molar-refractivity contribution in [3.05, 3.63) is 63.3 Å². The topological polar surface area (TPSA) is 134 Å². The van der Waals surface area contributed by atoms with Gasteiger partial charge in [0.15, 0.2) is 6.10 Å². The smallest absolute Gasteiger partial charge is 0.272 e. The Morgan fingerprint density at radius 3 is 2.62 bits per heavy atom. The molecule has 5 N–H and O–H groups in total. The van der Waals surface area contributed by atoms with E-state index in [4.69, 9.17) is 17.4 Å². The molecule has 1 atom stereocenters. The van der Waals surface area contributed by atoms with Gasteiger partial charge in [-0.3, -0.25) is 9.59 Å². The van der Waals surface area contributed by atoms with Crippen molar-refractivity contribution < 1.29 is 27.9 Å². The molecular weight excluding hydrogens is 513 g/mol. The van der Waals surface area contributed by atoms with Crippen LogP contribution in [-0.4, -0.2) is 32.9 Å². The van der Waals surface area contributed by atoms with Gasteiger partial charge in [0.2, 0.25) is 0 Å². The van der Waals surface area contributed by atoms with Gasteiger partial charge in [-0.05, 0) is 50.5 Å². The standard InChI is InChI=1S/C24H26ClF3N6O3/c1-3-17(32-33-29)23(10-24(27,28)11-23)31-22(37)20(35)18-12(2)19(34-8-4-5-16(18)34)21(36)30-13-6-7-15(26)14(25)9-13/h3,6-7,9,20,35H,4-5,8,10-11H2,1-2H3,(H2,29,32)(H,30,36)(H,31,37)/b17-3-. The van der Waals surface area contributed by atoms with Crippen LogP contribution >= 0.6 is 11.6 Å². The molecule has 0 bridgehead atoms. The van der Waals surface area contributed by atoms with E-state index in [0.29, 0.717) is 30.6 Å². The highest BCUT2D eigenvalue weighted by Gasteiger charge is 2.60. The predicted octanol–water partition coefficient (Wildman–Crippen LogP) is 4.33. The lowest BCUT2D eigenvalue weighted by Crippen LogP contribution is -2.63. The average molecular weight is 539 g/mol. The number of nitrogens with one attached hydrogen (secondary N) is 2. The summed E-state index contributed by atoms with van der Waals surface area (Å²) in [6.45, 7) is 3.62. The van der Waals surface area contributed by atoms with E-state index in [9.17, 15) is 27.9 Å². The highest BCUT2D eigenvalue weighted by molar-refractivity contribution is 6.31. The Hall–Kier alpha value is -3.38. The molecular formula is C24H26ClF3N6O3. The van der Waals surface area contributed by atoms with E-state index in [0.717, 1.165) is 6.07 Å². The molecule has 1 saturated carbocycles. The van der Waals surface area contributed by atoms with Gasteiger partial charge in [-0.2, -0.15) is 0 Å². The first kappa shape index (κ1) is 26.7. The fourth-order valence-electron chi connectivity index (χ4n) is 5.26. The lowest BCUT2D eigenvalue weighted by atomic mass is 9.70. The first-order valence-electron chi connectivity index (χ1n) is 11.6. The number of nitrogens with two attached hydrogens (primary N) is 1. The highest BCUT2D eigenvalue weighted by atomic mass is 35.5. The van der Waals surface area contributed by atoms with Crippen molar-refractivity contribution in [1.29, 1.82) is 0 Å². The molecule has 1 unspecified atom stereocenters. The molecule has 1 fully saturated rings. The fourth-order valence-corrected chi connectivity index (χ4v) is 5.44. The lowest BCUT2D eigenvalue weighted by Gasteiger charge is -2.47. The third-order valence-electron chi connectivity index (χ3n) is 6.79. The molecule has 1 aliphatic heterocycles. The third kappa shape index (κ3) is 4.82. The molecule has 4 rings (SSSR count). The van der Waals surface area contributed by atoms with E-state index in [1.165, 1.54) is 18.2 Å². The molecule has 2 aliphatic rings. The van der Waals surface area contributed by atoms with E-state index in [1.807, 2.05) is 0 Å². The third-order valence-corrected chi connectivity index (χ3v) is 7.08. The van der Waals surface area contributed by atoms with Gasteiger partial charge in [0.1, 0.15) is 11.5 Å². The average Bonchev–Trinajstić information content (AvgIpc) is 3.37. The molecule has 13 heteroatoms. The number of halogens is 4. The van der Waals surface area contributed by atoms with Gasteiger partial charge in [0.05, 0.1) is 16.3 Å². The summed E-state index contributed by atoms with van der Waals surface area (Å²) in [5, 5.41) is 23.0. The van der Waals surface area contributed by atoms with Crippen LogP contribution in [0.2, 0.25) is 5.02 Å². The number of nitrogens with zero attached hydrogens (tertiary/aromatic N) is 3. The minimum absolute atomic E-state index is 0.0540. The molecule has 37 heavy (non-hydrogen) atoms. The molecule has 2 aromatic rings. The van der Waals surface area contributed by atoms with Gasteiger partial charge in [0.25, 0.3) is 17.7 Å². The summed E-state index contributed by atoms with van der Waals surface area (Å²) in [6, 6.07) is 3.75. The number of fused-ring (bicyclic) bond motifs is 1. The van der Waals surface area contributed by atoms with Crippen molar-refractivity contribution in [3.63, 3.8) is 0 Å². The minimum atomic E-state index is -3.03. The number of hydrogen-bond acceptors (Lipinski definition) is 5. The summed E-state index contributed by atoms with van der Waals surface area (Å²) in [5.74, 6) is 0.00769. The molecule has 9 nitrogen and oxygen atoms in total. The van der Waals surface area contributed by atoms with E-state index in [2.05, 4.69) is 21.0 Å². The van der Waals surface area contributed by atoms with Crippen LogP contribution < -0.4 is 16.5 Å². The Balaban J connectivity index is 1.63. The van der Waals surface area contributed by atoms with Crippen LogP contribution in [0.1, 0.15) is 59.6 Å². The number of carbonyl (C=O) groups is 2. The Morgan fingerprint density at radius 1 is 1.32 bits per heavy atom. The van der Waals surface area contributed by atoms with E-state index in [1.54, 1.807) is 18.4 Å². The normalized spacial score (nSPS) is 18.8. The summed E-state index contributed by atoms with van der Waals surface area (Å²) in [5.41, 5.74) is 0.209. The second kappa shape index (κ2) is 9.82. The van der Waals surface area contributed by atoms with Gasteiger partial charge < -0.3 is 26.1 Å². The number of hydrogen-bond donors (Lipinski definition) is 4. The molecule has 1 aromatic heterocycles. The second-order valence-electron chi connectivity index (χ2n) is 9.24. The number of amides is 2. The van der Waals surface area contributed by atoms with Gasteiger partial charge in [-0.25, -0.2) is 13.2 Å². The largest absolute Gasteiger partial charge is 0.378 e. The second-order valence-corrected chi connectivity index (χ2v) is 9.65. The van der Waals surface area contributed by atoms with E-state index in [-0.39, 0.29) is 27.7 Å². The number of alkyl halides is 2. The number of aromatic nitrogens is 1. The van der Waals surface area contributed by atoms with Gasteiger partial charge in [-0.15, -0.1) is 5.11 Å². The zero-order chi connectivity index (χ0) is 27.1. The van der Waals surface area contributed by atoms with Crippen LogP contribution in [0.5, 0.6) is 0 Å². The molecule has 198 valence electrons. The summed E-state index contributed by atoms with van der Waals surface area (Å²) in [7, 11) is 0. The SMILES string of the molecule is C/C=C(\N=NN)C1(NC(=O)C(O)c2c(C)c(C(=O)Nc3ccc(F)c(Cl)c3)n3c2CCC3)CC(F)(F)C1. The van der Waals surface area contributed by atoms with Crippen molar-refractivity contribution in [1.82, 2.24) is 9.88 Å². The quantitative estimate of drug-likeness (QED) is 0.237. The Bertz CT molecular complexity index is 1320. The number of anilines is 1. The Kier molecular flexibility index (Phi) is 7.08. The number of benzene rings is 1. The lowest BCUT2D eigenvalue weighted by molar-refractivity contribution is -0.146. The van der Waals surface area contributed by atoms with Crippen molar-refractivity contribution in [3.8, 4) is 0 Å². The number of rotatable bonds is 7. The zero-order valence-electron chi connectivity index (χ0n) is 20.1. The summed E-state index contributed by atoms with van der Waals surface area (Å²) in [6.07, 6.45) is -0.587. The maximum atomic E-state index is 13.9. The molecule has 0 spiro atoms. The number of carbonyl (C=O) groups excluding carboxylic acids is 2. The number of aliphatic hydroxyl groups is 1. The highest BCUT2D eigenvalue weighted by Crippen LogP contribution is 2.50. The van der Waals surface area contributed by atoms with Crippen LogP contribution in [0.4, 0.5) is 18.9 Å². The summed E-state index contributed by atoms with van der Waals surface area (Å²) >= 11 is 5.81. The number of allylic oxidation sites excluding steroid dienone is 1. The first-order chi connectivity index (χ1) is 17.4. The van der Waals surface area contributed by atoms with Crippen LogP contribution in [0.3, 0.4) is 0 Å². The fraction of sp³-hybridized carbons (Fsp3) is 0.417. The van der Waals surface area contributed by atoms with Gasteiger partial charge >= 0.3 is 0 Å². The molecule has 1 aromatic carbocycles. The molecule has 0 radical (unpaired) electrons. The molecule has 2 heterocycles. The van der Waals surface area contributed by atoms with Crippen molar-refractivity contribution in [2.24, 2.45) is 16.2 Å². The van der Waals surface area contributed by atoms with Crippen LogP contribution in [0.15, 0.2) is 40.3 Å². The molecule has 2 amide bonds. The van der Waals surface area contributed by atoms with Crippen LogP contribution in [0, 0.1) is 12.7 Å². The Labute approximate surface area is 215 Å². The predicted molar refractivity (Wildman–Crippen MR) is 130 cm³/mol. The molecule has 1 aliphatic carbocycles. The minimum Gasteiger partial charge on any atom is -0.378 e. The van der Waals surface area contributed by atoms with Gasteiger partial charge in [-0.1, -0.05) is 22.9 Å². The van der Waals surface area contributed by atoms with E-state index >= 15 is 0 Å². The zero-order valence-corrected chi connectivity index (χ0v) is 20.9.